The molecule has 0 fully saturated rings. The molecule has 1 aromatic carbocycles. The van der Waals surface area contributed by atoms with Gasteiger partial charge in [-0.05, 0) is 41.2 Å². The lowest BCUT2D eigenvalue weighted by molar-refractivity contribution is 0.381. The van der Waals surface area contributed by atoms with Crippen LogP contribution in [-0.4, -0.2) is 5.11 Å². The van der Waals surface area contributed by atoms with E-state index in [1.807, 2.05) is 0 Å². The molecule has 0 aromatic heterocycles. The molecule has 1 N–H and O–H groups in total. The maximum absolute atomic E-state index is 10.6. The van der Waals surface area contributed by atoms with Crippen LogP contribution in [0.3, 0.4) is 0 Å². The Morgan fingerprint density at radius 3 is 2.41 bits per heavy atom. The van der Waals surface area contributed by atoms with E-state index in [9.17, 15) is 5.11 Å². The van der Waals surface area contributed by atoms with E-state index in [4.69, 9.17) is 0 Å². The average Bonchev–Trinajstić information content (AvgIpc) is 2.14. The van der Waals surface area contributed by atoms with E-state index in [-0.39, 0.29) is 10.8 Å². The molecule has 0 atom stereocenters. The zero-order valence-electron chi connectivity index (χ0n) is 11.7. The molecule has 0 aliphatic heterocycles. The van der Waals surface area contributed by atoms with Gasteiger partial charge in [0.2, 0.25) is 0 Å². The molecule has 1 nitrogen and oxygen atoms in total. The van der Waals surface area contributed by atoms with Crippen molar-refractivity contribution in [3.63, 3.8) is 0 Å². The Morgan fingerprint density at radius 1 is 1.18 bits per heavy atom. The van der Waals surface area contributed by atoms with Crippen molar-refractivity contribution in [3.05, 3.63) is 28.8 Å². The summed E-state index contributed by atoms with van der Waals surface area (Å²) in [4.78, 5) is 0. The largest absolute Gasteiger partial charge is 0.507 e. The Balaban J connectivity index is 2.66. The highest BCUT2D eigenvalue weighted by molar-refractivity contribution is 5.52. The minimum absolute atomic E-state index is 0.00659. The highest BCUT2D eigenvalue weighted by Crippen LogP contribution is 2.45. The van der Waals surface area contributed by atoms with Crippen molar-refractivity contribution in [2.75, 3.05) is 0 Å². The minimum Gasteiger partial charge on any atom is -0.507 e. The molecule has 1 aromatic rings. The second kappa shape index (κ2) is 3.76. The summed E-state index contributed by atoms with van der Waals surface area (Å²) in [7, 11) is 0. The van der Waals surface area contributed by atoms with Crippen molar-refractivity contribution < 1.29 is 5.11 Å². The van der Waals surface area contributed by atoms with Gasteiger partial charge in [0.1, 0.15) is 5.75 Å². The molecular weight excluding hydrogens is 208 g/mol. The number of phenolic OH excluding ortho intramolecular Hbond substituents is 1. The monoisotopic (exact) mass is 232 g/mol. The highest BCUT2D eigenvalue weighted by atomic mass is 16.3. The van der Waals surface area contributed by atoms with Crippen molar-refractivity contribution in [3.8, 4) is 5.75 Å². The van der Waals surface area contributed by atoms with E-state index in [1.54, 1.807) is 0 Å². The van der Waals surface area contributed by atoms with Gasteiger partial charge >= 0.3 is 0 Å². The quantitative estimate of drug-likeness (QED) is 0.707. The predicted molar refractivity (Wildman–Crippen MR) is 72.8 cm³/mol. The number of phenols is 1. The van der Waals surface area contributed by atoms with Crippen LogP contribution in [0.15, 0.2) is 12.1 Å². The third-order valence-corrected chi connectivity index (χ3v) is 4.00. The predicted octanol–water partition coefficient (Wildman–Crippen LogP) is 4.30. The molecular formula is C16H24O. The van der Waals surface area contributed by atoms with Crippen LogP contribution in [0.1, 0.15) is 64.2 Å². The zero-order chi connectivity index (χ0) is 12.8. The number of aryl methyl sites for hydroxylation is 1. The fourth-order valence-corrected chi connectivity index (χ4v) is 3.05. The lowest BCUT2D eigenvalue weighted by Gasteiger charge is -2.35. The molecule has 0 unspecified atom stereocenters. The molecule has 0 heterocycles. The van der Waals surface area contributed by atoms with Crippen molar-refractivity contribution in [1.82, 2.24) is 0 Å². The van der Waals surface area contributed by atoms with E-state index < -0.39 is 0 Å². The number of hydrogen-bond donors (Lipinski definition) is 1. The third kappa shape index (κ3) is 2.08. The van der Waals surface area contributed by atoms with Crippen LogP contribution < -0.4 is 0 Å². The Labute approximate surface area is 105 Å². The van der Waals surface area contributed by atoms with Gasteiger partial charge in [0.25, 0.3) is 0 Å². The summed E-state index contributed by atoms with van der Waals surface area (Å²) >= 11 is 0. The Bertz CT molecular complexity index is 436. The lowest BCUT2D eigenvalue weighted by Crippen LogP contribution is -2.25. The fourth-order valence-electron chi connectivity index (χ4n) is 3.05. The maximum Gasteiger partial charge on any atom is 0.123 e. The molecule has 1 heteroatoms. The van der Waals surface area contributed by atoms with Gasteiger partial charge in [0.05, 0.1) is 0 Å². The molecule has 17 heavy (non-hydrogen) atoms. The summed E-state index contributed by atoms with van der Waals surface area (Å²) in [6.45, 7) is 11.0. The van der Waals surface area contributed by atoms with E-state index in [0.717, 1.165) is 12.0 Å². The van der Waals surface area contributed by atoms with Gasteiger partial charge < -0.3 is 5.11 Å². The van der Waals surface area contributed by atoms with Gasteiger partial charge in [-0.15, -0.1) is 0 Å². The molecule has 0 bridgehead atoms. The molecule has 0 saturated carbocycles. The van der Waals surface area contributed by atoms with Crippen LogP contribution >= 0.6 is 0 Å². The van der Waals surface area contributed by atoms with Crippen LogP contribution in [-0.2, 0) is 17.3 Å². The van der Waals surface area contributed by atoms with Gasteiger partial charge in [0, 0.05) is 5.56 Å². The summed E-state index contributed by atoms with van der Waals surface area (Å²) in [6, 6.07) is 4.33. The van der Waals surface area contributed by atoms with Crippen molar-refractivity contribution in [2.45, 2.75) is 64.7 Å². The van der Waals surface area contributed by atoms with Crippen molar-refractivity contribution >= 4 is 0 Å². The molecule has 2 rings (SSSR count). The number of rotatable bonds is 0. The number of hydrogen-bond acceptors (Lipinski definition) is 1. The standard InChI is InChI=1S/C16H24O/c1-15(2,3)12-9-8-11-7-6-10-16(4,5)13(11)14(12)17/h8-9,17H,6-7,10H2,1-5H3. The van der Waals surface area contributed by atoms with Gasteiger partial charge in [-0.1, -0.05) is 46.8 Å². The van der Waals surface area contributed by atoms with Crippen molar-refractivity contribution in [1.29, 1.82) is 0 Å². The molecule has 94 valence electrons. The first-order valence-electron chi connectivity index (χ1n) is 6.59. The Hall–Kier alpha value is -0.980. The Morgan fingerprint density at radius 2 is 1.82 bits per heavy atom. The first kappa shape index (κ1) is 12.5. The maximum atomic E-state index is 10.6. The fraction of sp³-hybridized carbons (Fsp3) is 0.625. The normalized spacial score (nSPS) is 18.9. The molecule has 0 amide bonds. The molecule has 1 aliphatic rings. The summed E-state index contributed by atoms with van der Waals surface area (Å²) in [5.74, 6) is 0.541. The summed E-state index contributed by atoms with van der Waals surface area (Å²) < 4.78 is 0. The Kier molecular flexibility index (Phi) is 2.76. The topological polar surface area (TPSA) is 20.2 Å². The second-order valence-corrected chi connectivity index (χ2v) is 6.98. The van der Waals surface area contributed by atoms with E-state index in [1.165, 1.54) is 24.0 Å². The molecule has 0 spiro atoms. The highest BCUT2D eigenvalue weighted by Gasteiger charge is 2.33. The number of aromatic hydroxyl groups is 1. The first-order valence-corrected chi connectivity index (χ1v) is 6.59. The van der Waals surface area contributed by atoms with E-state index >= 15 is 0 Å². The van der Waals surface area contributed by atoms with E-state index in [0.29, 0.717) is 5.75 Å². The van der Waals surface area contributed by atoms with Gasteiger partial charge in [0.15, 0.2) is 0 Å². The molecule has 0 saturated heterocycles. The molecule has 0 radical (unpaired) electrons. The lowest BCUT2D eigenvalue weighted by atomic mass is 9.70. The SMILES string of the molecule is CC(C)(C)c1ccc2c(c1O)C(C)(C)CCC2. The van der Waals surface area contributed by atoms with Crippen molar-refractivity contribution in [2.24, 2.45) is 0 Å². The number of fused-ring (bicyclic) bond motifs is 1. The zero-order valence-corrected chi connectivity index (χ0v) is 11.7. The average molecular weight is 232 g/mol. The summed E-state index contributed by atoms with van der Waals surface area (Å²) in [6.07, 6.45) is 3.51. The van der Waals surface area contributed by atoms with Crippen LogP contribution in [0.25, 0.3) is 0 Å². The van der Waals surface area contributed by atoms with Gasteiger partial charge in [-0.3, -0.25) is 0 Å². The first-order chi connectivity index (χ1) is 7.73. The smallest absolute Gasteiger partial charge is 0.123 e. The van der Waals surface area contributed by atoms with Crippen LogP contribution in [0.2, 0.25) is 0 Å². The second-order valence-electron chi connectivity index (χ2n) is 6.98. The summed E-state index contributed by atoms with van der Waals surface area (Å²) in [5, 5.41) is 10.6. The van der Waals surface area contributed by atoms with Gasteiger partial charge in [-0.2, -0.15) is 0 Å². The summed E-state index contributed by atoms with van der Waals surface area (Å²) in [5.41, 5.74) is 3.72. The third-order valence-electron chi connectivity index (χ3n) is 4.00. The van der Waals surface area contributed by atoms with E-state index in [2.05, 4.69) is 46.8 Å². The molecule has 1 aliphatic carbocycles. The van der Waals surface area contributed by atoms with Crippen LogP contribution in [0, 0.1) is 0 Å². The van der Waals surface area contributed by atoms with Crippen LogP contribution in [0.4, 0.5) is 0 Å². The minimum atomic E-state index is 0.00659. The van der Waals surface area contributed by atoms with Gasteiger partial charge in [-0.25, -0.2) is 0 Å². The number of benzene rings is 1. The van der Waals surface area contributed by atoms with Crippen LogP contribution in [0.5, 0.6) is 5.75 Å².